The van der Waals surface area contributed by atoms with Gasteiger partial charge in [0, 0.05) is 54.7 Å². The van der Waals surface area contributed by atoms with Crippen molar-refractivity contribution >= 4 is 43.4 Å². The number of hydrogen-bond donors (Lipinski definition) is 2. The van der Waals surface area contributed by atoms with Crippen LogP contribution < -0.4 is 20.7 Å². The lowest BCUT2D eigenvalue weighted by atomic mass is 9.94. The van der Waals surface area contributed by atoms with Gasteiger partial charge in [-0.05, 0) is 62.4 Å². The average molecular weight is 610 g/mol. The lowest BCUT2D eigenvalue weighted by molar-refractivity contribution is 0.107. The van der Waals surface area contributed by atoms with E-state index in [9.17, 15) is 8.78 Å². The maximum atomic E-state index is 17.0. The molecule has 43 heavy (non-hydrogen) atoms. The Morgan fingerprint density at radius 3 is 2.72 bits per heavy atom. The molecule has 4 saturated heterocycles. The van der Waals surface area contributed by atoms with Crippen LogP contribution in [0.1, 0.15) is 44.6 Å². The van der Waals surface area contributed by atoms with E-state index in [4.69, 9.17) is 15.5 Å². The van der Waals surface area contributed by atoms with Crippen molar-refractivity contribution < 1.29 is 17.9 Å². The van der Waals surface area contributed by atoms with Gasteiger partial charge in [0.15, 0.2) is 10.9 Å². The third-order valence-electron chi connectivity index (χ3n) is 9.88. The van der Waals surface area contributed by atoms with Gasteiger partial charge in [0.1, 0.15) is 29.9 Å². The van der Waals surface area contributed by atoms with Gasteiger partial charge in [-0.3, -0.25) is 4.90 Å². The number of benzene rings is 2. The Bertz CT molecular complexity index is 1740. The van der Waals surface area contributed by atoms with Crippen LogP contribution in [-0.2, 0) is 6.42 Å². The third kappa shape index (κ3) is 4.43. The highest BCUT2D eigenvalue weighted by Gasteiger charge is 2.49. The fourth-order valence-electron chi connectivity index (χ4n) is 7.93. The van der Waals surface area contributed by atoms with E-state index in [1.807, 2.05) is 13.0 Å². The number of nitrogen functional groups attached to an aromatic ring is 1. The van der Waals surface area contributed by atoms with E-state index < -0.39 is 17.8 Å². The molecule has 2 bridgehead atoms. The zero-order chi connectivity index (χ0) is 29.5. The van der Waals surface area contributed by atoms with Crippen molar-refractivity contribution in [1.82, 2.24) is 25.2 Å². The molecule has 0 spiro atoms. The summed E-state index contributed by atoms with van der Waals surface area (Å²) in [6, 6.07) is 5.64. The first-order valence-corrected chi connectivity index (χ1v) is 16.0. The Balaban J connectivity index is 1.28. The van der Waals surface area contributed by atoms with Crippen LogP contribution in [-0.4, -0.2) is 76.4 Å². The topological polar surface area (TPSA) is 92.4 Å². The molecule has 0 aliphatic carbocycles. The van der Waals surface area contributed by atoms with Gasteiger partial charge in [-0.1, -0.05) is 18.3 Å². The predicted octanol–water partition coefficient (Wildman–Crippen LogP) is 5.23. The van der Waals surface area contributed by atoms with Crippen LogP contribution in [0.5, 0.6) is 6.01 Å². The molecule has 6 heterocycles. The zero-order valence-corrected chi connectivity index (χ0v) is 24.8. The van der Waals surface area contributed by atoms with Crippen molar-refractivity contribution in [2.75, 3.05) is 43.4 Å². The molecule has 8 nitrogen and oxygen atoms in total. The average Bonchev–Trinajstić information content (AvgIpc) is 3.74. The van der Waals surface area contributed by atoms with Gasteiger partial charge in [-0.25, -0.2) is 18.2 Å². The molecule has 2 aromatic carbocycles. The fraction of sp³-hybridized carbons (Fsp3) is 0.516. The maximum Gasteiger partial charge on any atom is 0.319 e. The van der Waals surface area contributed by atoms with Crippen molar-refractivity contribution in [2.24, 2.45) is 0 Å². The summed E-state index contributed by atoms with van der Waals surface area (Å²) in [5.41, 5.74) is 7.62. The lowest BCUT2D eigenvalue weighted by Gasteiger charge is -2.35. The van der Waals surface area contributed by atoms with Gasteiger partial charge in [0.25, 0.3) is 0 Å². The SMILES string of the molecule is CCc1cc2c(N3C[C@H]4CC[C@@H](C3)N4)nc(OC[C@@]34CCCN3C[C@H](F)C4)nc2c(F)c1-c1ccc(F)c2sc(N)nc12. The summed E-state index contributed by atoms with van der Waals surface area (Å²) in [4.78, 5) is 18.3. The first-order chi connectivity index (χ1) is 20.8. The number of nitrogens with two attached hydrogens (primary N) is 1. The number of aryl methyl sites for hydroxylation is 1. The number of rotatable bonds is 6. The summed E-state index contributed by atoms with van der Waals surface area (Å²) in [5, 5.41) is 4.49. The molecule has 3 N–H and O–H groups in total. The second-order valence-electron chi connectivity index (χ2n) is 12.5. The van der Waals surface area contributed by atoms with Crippen molar-refractivity contribution in [1.29, 1.82) is 0 Å². The van der Waals surface area contributed by atoms with Crippen LogP contribution >= 0.6 is 11.3 Å². The number of fused-ring (bicyclic) bond motifs is 5. The highest BCUT2D eigenvalue weighted by atomic mass is 32.1. The largest absolute Gasteiger partial charge is 0.461 e. The summed E-state index contributed by atoms with van der Waals surface area (Å²) in [6.07, 6.45) is 4.10. The summed E-state index contributed by atoms with van der Waals surface area (Å²) in [7, 11) is 0. The normalized spacial score (nSPS) is 27.1. The number of piperazine rings is 1. The number of halogens is 3. The first-order valence-electron chi connectivity index (χ1n) is 15.2. The molecule has 0 radical (unpaired) electrons. The molecule has 0 saturated carbocycles. The molecule has 0 amide bonds. The van der Waals surface area contributed by atoms with Crippen molar-refractivity contribution in [3.8, 4) is 17.1 Å². The van der Waals surface area contributed by atoms with E-state index in [0.29, 0.717) is 64.0 Å². The van der Waals surface area contributed by atoms with Gasteiger partial charge < -0.3 is 20.7 Å². The fourth-order valence-corrected chi connectivity index (χ4v) is 8.69. The number of thiazole rings is 1. The van der Waals surface area contributed by atoms with Crippen molar-refractivity contribution in [3.63, 3.8) is 0 Å². The Kier molecular flexibility index (Phi) is 6.46. The number of nitrogens with one attached hydrogen (secondary N) is 1. The second-order valence-corrected chi connectivity index (χ2v) is 13.6. The predicted molar refractivity (Wildman–Crippen MR) is 163 cm³/mol. The van der Waals surface area contributed by atoms with Gasteiger partial charge in [0.05, 0.1) is 15.8 Å². The van der Waals surface area contributed by atoms with Crippen LogP contribution in [0, 0.1) is 11.6 Å². The molecule has 4 fully saturated rings. The minimum Gasteiger partial charge on any atom is -0.461 e. The standard InChI is InChI=1S/C31H34F3N7OS/c1-2-16-10-21-25(24(34)23(16)20-6-7-22(33)27-26(20)37-29(35)43-27)38-30(39-28(21)40-13-18-4-5-19(14-40)36-18)42-15-31-8-3-9-41(31)12-17(32)11-31/h6-7,10,17-19,36H,2-5,8-9,11-15H2,1H3,(H2,35,37)/t17-,18-,19+,31+/m1/s1. The van der Waals surface area contributed by atoms with Gasteiger partial charge in [0.2, 0.25) is 0 Å². The van der Waals surface area contributed by atoms with Crippen LogP contribution in [0.2, 0.25) is 0 Å². The van der Waals surface area contributed by atoms with Crippen molar-refractivity contribution in [3.05, 3.63) is 35.4 Å². The Morgan fingerprint density at radius 1 is 1.12 bits per heavy atom. The van der Waals surface area contributed by atoms with Crippen LogP contribution in [0.15, 0.2) is 18.2 Å². The number of aromatic nitrogens is 3. The molecular weight excluding hydrogens is 575 g/mol. The number of nitrogens with zero attached hydrogens (tertiary/aromatic N) is 5. The van der Waals surface area contributed by atoms with Crippen LogP contribution in [0.25, 0.3) is 32.2 Å². The molecule has 4 aliphatic rings. The highest BCUT2D eigenvalue weighted by Crippen LogP contribution is 2.43. The van der Waals surface area contributed by atoms with Gasteiger partial charge in [-0.2, -0.15) is 9.97 Å². The maximum absolute atomic E-state index is 17.0. The molecule has 4 aliphatic heterocycles. The van der Waals surface area contributed by atoms with E-state index in [2.05, 4.69) is 25.1 Å². The van der Waals surface area contributed by atoms with Crippen molar-refractivity contribution in [2.45, 2.75) is 69.2 Å². The van der Waals surface area contributed by atoms with E-state index >= 15 is 4.39 Å². The Morgan fingerprint density at radius 2 is 1.93 bits per heavy atom. The van der Waals surface area contributed by atoms with Gasteiger partial charge >= 0.3 is 6.01 Å². The molecule has 226 valence electrons. The minimum absolute atomic E-state index is 0.0909. The van der Waals surface area contributed by atoms with E-state index in [1.165, 1.54) is 6.07 Å². The number of ether oxygens (including phenoxy) is 1. The lowest BCUT2D eigenvalue weighted by Crippen LogP contribution is -2.51. The molecule has 12 heteroatoms. The monoisotopic (exact) mass is 609 g/mol. The summed E-state index contributed by atoms with van der Waals surface area (Å²) >= 11 is 1.05. The van der Waals surface area contributed by atoms with E-state index in [1.54, 1.807) is 6.07 Å². The second kappa shape index (κ2) is 10.2. The van der Waals surface area contributed by atoms with Crippen LogP contribution in [0.4, 0.5) is 24.1 Å². The minimum atomic E-state index is -0.881. The summed E-state index contributed by atoms with van der Waals surface area (Å²) in [6.45, 7) is 5.00. The molecule has 0 unspecified atom stereocenters. The molecular formula is C31H34F3N7OS. The molecule has 2 aromatic heterocycles. The smallest absolute Gasteiger partial charge is 0.319 e. The Labute approximate surface area is 251 Å². The summed E-state index contributed by atoms with van der Waals surface area (Å²) < 4.78 is 52.7. The Hall–Kier alpha value is -3.22. The summed E-state index contributed by atoms with van der Waals surface area (Å²) in [5.74, 6) is -0.314. The van der Waals surface area contributed by atoms with Crippen LogP contribution in [0.3, 0.4) is 0 Å². The molecule has 4 atom stereocenters. The quantitative estimate of drug-likeness (QED) is 0.307. The number of hydrogen-bond acceptors (Lipinski definition) is 9. The highest BCUT2D eigenvalue weighted by molar-refractivity contribution is 7.22. The van der Waals surface area contributed by atoms with E-state index in [-0.39, 0.29) is 28.8 Å². The van der Waals surface area contributed by atoms with E-state index in [0.717, 1.165) is 62.2 Å². The molecule has 4 aromatic rings. The number of alkyl halides is 1. The number of anilines is 2. The molecule has 8 rings (SSSR count). The first kappa shape index (κ1) is 27.3. The zero-order valence-electron chi connectivity index (χ0n) is 24.0. The van der Waals surface area contributed by atoms with Gasteiger partial charge in [-0.15, -0.1) is 0 Å². The third-order valence-corrected chi connectivity index (χ3v) is 10.8.